The number of rotatable bonds is 8. The topological polar surface area (TPSA) is 88.8 Å². The van der Waals surface area contributed by atoms with Crippen molar-refractivity contribution >= 4 is 28.5 Å². The number of benzene rings is 2. The normalized spacial score (nSPS) is 12.2. The molecule has 2 N–H and O–H groups in total. The van der Waals surface area contributed by atoms with Gasteiger partial charge >= 0.3 is 5.97 Å². The molecular formula is C25H25ClFNO5. The minimum atomic E-state index is -1.39. The number of hydrogen-bond donors (Lipinski definition) is 2. The fourth-order valence-electron chi connectivity index (χ4n) is 3.71. The maximum absolute atomic E-state index is 14.6. The second kappa shape index (κ2) is 9.77. The highest BCUT2D eigenvalue weighted by Gasteiger charge is 2.22. The van der Waals surface area contributed by atoms with E-state index < -0.39 is 28.8 Å². The van der Waals surface area contributed by atoms with E-state index in [2.05, 4.69) is 6.58 Å². The quantitative estimate of drug-likeness (QED) is 0.450. The first-order valence-electron chi connectivity index (χ1n) is 10.4. The van der Waals surface area contributed by atoms with E-state index in [9.17, 15) is 24.2 Å². The molecule has 0 saturated heterocycles. The molecule has 1 heterocycles. The Morgan fingerprint density at radius 1 is 1.27 bits per heavy atom. The molecule has 3 aromatic rings. The molecule has 33 heavy (non-hydrogen) atoms. The lowest BCUT2D eigenvalue weighted by molar-refractivity contribution is 0.0694. The first-order valence-corrected chi connectivity index (χ1v) is 10.7. The molecule has 0 amide bonds. The maximum Gasteiger partial charge on any atom is 0.341 e. The Bertz CT molecular complexity index is 1300. The number of halogens is 2. The fraction of sp³-hybridized carbons (Fsp3) is 0.280. The van der Waals surface area contributed by atoms with Gasteiger partial charge in [0.1, 0.15) is 17.1 Å². The van der Waals surface area contributed by atoms with Crippen LogP contribution in [-0.4, -0.2) is 33.5 Å². The monoisotopic (exact) mass is 473 g/mol. The molecule has 0 aliphatic heterocycles. The molecule has 0 spiro atoms. The number of ether oxygens (including phenoxy) is 1. The molecule has 0 aliphatic rings. The molecule has 3 rings (SSSR count). The summed E-state index contributed by atoms with van der Waals surface area (Å²) in [5, 5.41) is 19.6. The average molecular weight is 474 g/mol. The molecule has 0 aliphatic carbocycles. The van der Waals surface area contributed by atoms with Gasteiger partial charge in [0.05, 0.1) is 29.3 Å². The van der Waals surface area contributed by atoms with Gasteiger partial charge in [0.25, 0.3) is 0 Å². The number of aromatic carboxylic acids is 1. The first kappa shape index (κ1) is 24.5. The summed E-state index contributed by atoms with van der Waals surface area (Å²) in [4.78, 5) is 24.8. The highest BCUT2D eigenvalue weighted by atomic mass is 35.5. The Kier molecular flexibility index (Phi) is 7.25. The van der Waals surface area contributed by atoms with Gasteiger partial charge in [-0.05, 0) is 44.0 Å². The third-order valence-electron chi connectivity index (χ3n) is 5.30. The number of aromatic nitrogens is 1. The summed E-state index contributed by atoms with van der Waals surface area (Å²) >= 11 is 5.92. The Balaban J connectivity index is 2.37. The Morgan fingerprint density at radius 2 is 1.97 bits per heavy atom. The lowest BCUT2D eigenvalue weighted by atomic mass is 9.99. The van der Waals surface area contributed by atoms with Crippen molar-refractivity contribution in [2.75, 3.05) is 6.61 Å². The Labute approximate surface area is 195 Å². The van der Waals surface area contributed by atoms with Crippen LogP contribution < -0.4 is 10.2 Å². The summed E-state index contributed by atoms with van der Waals surface area (Å²) in [6, 6.07) is 7.13. The zero-order valence-electron chi connectivity index (χ0n) is 18.6. The Hall–Kier alpha value is -3.16. The van der Waals surface area contributed by atoms with Crippen LogP contribution in [0.25, 0.3) is 10.9 Å². The first-order chi connectivity index (χ1) is 15.5. The van der Waals surface area contributed by atoms with E-state index in [-0.39, 0.29) is 29.5 Å². The summed E-state index contributed by atoms with van der Waals surface area (Å²) in [5.74, 6) is -1.56. The van der Waals surface area contributed by atoms with Crippen LogP contribution in [0.4, 0.5) is 4.39 Å². The highest BCUT2D eigenvalue weighted by Crippen LogP contribution is 2.32. The number of carbonyl (C=O) groups is 1. The largest absolute Gasteiger partial charge is 0.491 e. The number of aliphatic hydroxyl groups excluding tert-OH is 1. The van der Waals surface area contributed by atoms with Crippen LogP contribution in [0.1, 0.15) is 48.3 Å². The number of carboxylic acids is 1. The summed E-state index contributed by atoms with van der Waals surface area (Å²) < 4.78 is 22.1. The molecule has 0 bridgehead atoms. The van der Waals surface area contributed by atoms with Crippen molar-refractivity contribution < 1.29 is 24.1 Å². The Morgan fingerprint density at radius 3 is 2.55 bits per heavy atom. The van der Waals surface area contributed by atoms with E-state index in [1.54, 1.807) is 25.1 Å². The van der Waals surface area contributed by atoms with Crippen molar-refractivity contribution in [3.8, 4) is 5.75 Å². The zero-order valence-corrected chi connectivity index (χ0v) is 19.3. The van der Waals surface area contributed by atoms with Gasteiger partial charge in [-0.25, -0.2) is 9.18 Å². The number of aliphatic hydroxyl groups is 1. The van der Waals surface area contributed by atoms with Gasteiger partial charge in [-0.1, -0.05) is 35.9 Å². The van der Waals surface area contributed by atoms with Crippen LogP contribution >= 0.6 is 11.6 Å². The van der Waals surface area contributed by atoms with E-state index in [4.69, 9.17) is 16.3 Å². The van der Waals surface area contributed by atoms with Gasteiger partial charge in [0.2, 0.25) is 5.43 Å². The number of fused-ring (bicyclic) bond motifs is 1. The maximum atomic E-state index is 14.6. The van der Waals surface area contributed by atoms with E-state index in [1.165, 1.54) is 22.9 Å². The van der Waals surface area contributed by atoms with Crippen molar-refractivity contribution in [1.29, 1.82) is 0 Å². The van der Waals surface area contributed by atoms with E-state index in [0.717, 1.165) is 0 Å². The summed E-state index contributed by atoms with van der Waals surface area (Å²) in [6.45, 7) is 8.90. The molecule has 0 fully saturated rings. The van der Waals surface area contributed by atoms with Crippen LogP contribution in [0.3, 0.4) is 0 Å². The standard InChI is InChI=1S/C25H25ClFNO5/c1-13(2)21(12-29)28-11-18(25(31)32)24(30)17-9-16(22(10-20(17)28)33-14(3)4)8-15-6-5-7-19(26)23(15)27/h5-7,9-11,14,21,29H,1,8,12H2,2-4H3,(H,31,32)/t21-/m1/s1. The molecule has 0 unspecified atom stereocenters. The lowest BCUT2D eigenvalue weighted by Gasteiger charge is -2.23. The van der Waals surface area contributed by atoms with Gasteiger partial charge in [0.15, 0.2) is 0 Å². The SMILES string of the molecule is C=C(C)[C@@H](CO)n1cc(C(=O)O)c(=O)c2cc(Cc3cccc(Cl)c3F)c(OC(C)C)cc21. The highest BCUT2D eigenvalue weighted by molar-refractivity contribution is 6.30. The molecule has 1 atom stereocenters. The smallest absolute Gasteiger partial charge is 0.341 e. The number of pyridine rings is 1. The summed E-state index contributed by atoms with van der Waals surface area (Å²) in [5.41, 5.74) is 0.628. The minimum absolute atomic E-state index is 0.0256. The van der Waals surface area contributed by atoms with Crippen molar-refractivity contribution in [2.45, 2.75) is 39.3 Å². The third kappa shape index (κ3) is 4.94. The van der Waals surface area contributed by atoms with E-state index in [1.807, 2.05) is 13.8 Å². The van der Waals surface area contributed by atoms with E-state index in [0.29, 0.717) is 28.0 Å². The van der Waals surface area contributed by atoms with Crippen LogP contribution in [0.15, 0.2) is 53.5 Å². The average Bonchev–Trinajstić information content (AvgIpc) is 2.73. The van der Waals surface area contributed by atoms with Crippen molar-refractivity contribution in [1.82, 2.24) is 4.57 Å². The molecule has 6 nitrogen and oxygen atoms in total. The predicted molar refractivity (Wildman–Crippen MR) is 126 cm³/mol. The van der Waals surface area contributed by atoms with Crippen molar-refractivity contribution in [2.24, 2.45) is 0 Å². The van der Waals surface area contributed by atoms with Gasteiger partial charge in [-0.3, -0.25) is 4.79 Å². The molecule has 2 aromatic carbocycles. The number of carboxylic acid groups (broad SMARTS) is 1. The molecule has 1 aromatic heterocycles. The molecule has 0 radical (unpaired) electrons. The van der Waals surface area contributed by atoms with Crippen LogP contribution in [0, 0.1) is 5.82 Å². The van der Waals surface area contributed by atoms with Crippen LogP contribution in [0.5, 0.6) is 5.75 Å². The van der Waals surface area contributed by atoms with Gasteiger partial charge in [-0.2, -0.15) is 0 Å². The van der Waals surface area contributed by atoms with Crippen molar-refractivity contribution in [3.63, 3.8) is 0 Å². The molecule has 174 valence electrons. The van der Waals surface area contributed by atoms with E-state index >= 15 is 0 Å². The zero-order chi connectivity index (χ0) is 24.4. The van der Waals surface area contributed by atoms with Crippen LogP contribution in [-0.2, 0) is 6.42 Å². The number of nitrogens with zero attached hydrogens (tertiary/aromatic N) is 1. The molecular weight excluding hydrogens is 449 g/mol. The van der Waals surface area contributed by atoms with Gasteiger partial charge in [0, 0.05) is 24.1 Å². The van der Waals surface area contributed by atoms with Gasteiger partial charge in [-0.15, -0.1) is 0 Å². The predicted octanol–water partition coefficient (Wildman–Crippen LogP) is 4.98. The lowest BCUT2D eigenvalue weighted by Crippen LogP contribution is -2.23. The fourth-order valence-corrected chi connectivity index (χ4v) is 3.90. The van der Waals surface area contributed by atoms with Gasteiger partial charge < -0.3 is 19.5 Å². The summed E-state index contributed by atoms with van der Waals surface area (Å²) in [7, 11) is 0. The second-order valence-electron chi connectivity index (χ2n) is 8.16. The second-order valence-corrected chi connectivity index (χ2v) is 8.57. The third-order valence-corrected chi connectivity index (χ3v) is 5.59. The minimum Gasteiger partial charge on any atom is -0.491 e. The number of hydrogen-bond acceptors (Lipinski definition) is 4. The van der Waals surface area contributed by atoms with Crippen molar-refractivity contribution in [3.05, 3.63) is 86.4 Å². The molecule has 0 saturated carbocycles. The molecule has 8 heteroatoms. The van der Waals surface area contributed by atoms with Crippen LogP contribution in [0.2, 0.25) is 5.02 Å². The summed E-state index contributed by atoms with van der Waals surface area (Å²) in [6.07, 6.45) is 1.06.